The van der Waals surface area contributed by atoms with E-state index in [0.717, 1.165) is 27.8 Å². The smallest absolute Gasteiger partial charge is 0.230 e. The third-order valence-electron chi connectivity index (χ3n) is 3.81. The molecule has 5 nitrogen and oxygen atoms in total. The number of carbonyl (C=O) groups is 1. The van der Waals surface area contributed by atoms with Crippen molar-refractivity contribution in [2.24, 2.45) is 0 Å². The number of amides is 1. The molecule has 0 atom stereocenters. The van der Waals surface area contributed by atoms with Crippen LogP contribution in [-0.2, 0) is 11.2 Å². The van der Waals surface area contributed by atoms with Crippen LogP contribution in [0.15, 0.2) is 78.6 Å². The van der Waals surface area contributed by atoms with Gasteiger partial charge in [-0.1, -0.05) is 12.1 Å². The molecule has 1 aromatic carbocycles. The van der Waals surface area contributed by atoms with Crippen LogP contribution in [0, 0.1) is 0 Å². The molecule has 1 N–H and O–H groups in total. The summed E-state index contributed by atoms with van der Waals surface area (Å²) >= 11 is 1.49. The molecule has 3 heterocycles. The second-order valence-electron chi connectivity index (χ2n) is 5.72. The minimum atomic E-state index is -0.0903. The Hall–Kier alpha value is -3.25. The third-order valence-corrected chi connectivity index (χ3v) is 4.72. The van der Waals surface area contributed by atoms with Crippen LogP contribution in [0.3, 0.4) is 0 Å². The zero-order valence-corrected chi connectivity index (χ0v) is 14.7. The van der Waals surface area contributed by atoms with Gasteiger partial charge in [-0.25, -0.2) is 4.98 Å². The van der Waals surface area contributed by atoms with Gasteiger partial charge in [0.2, 0.25) is 5.91 Å². The molecule has 0 bridgehead atoms. The Balaban J connectivity index is 1.43. The van der Waals surface area contributed by atoms with E-state index in [1.165, 1.54) is 11.3 Å². The lowest BCUT2D eigenvalue weighted by atomic mass is 10.2. The van der Waals surface area contributed by atoms with Crippen molar-refractivity contribution in [1.82, 2.24) is 14.5 Å². The molecule has 0 saturated carbocycles. The van der Waals surface area contributed by atoms with Crippen LogP contribution in [0.4, 0.5) is 5.69 Å². The standard InChI is InChI=1S/C20H16N4OS/c25-19(13-16-14-26-20(23-16)18-8-1-2-9-21-18)22-15-6-5-7-17(12-15)24-10-3-4-11-24/h1-12,14H,13H2,(H,22,25). The van der Waals surface area contributed by atoms with Crippen LogP contribution in [-0.4, -0.2) is 20.4 Å². The summed E-state index contributed by atoms with van der Waals surface area (Å²) in [6.45, 7) is 0. The Labute approximate surface area is 155 Å². The Morgan fingerprint density at radius 1 is 1.08 bits per heavy atom. The Morgan fingerprint density at radius 3 is 2.77 bits per heavy atom. The molecule has 0 saturated heterocycles. The molecule has 0 aliphatic rings. The van der Waals surface area contributed by atoms with Crippen LogP contribution in [0.1, 0.15) is 5.69 Å². The number of pyridine rings is 1. The summed E-state index contributed by atoms with van der Waals surface area (Å²) in [7, 11) is 0. The minimum Gasteiger partial charge on any atom is -0.326 e. The van der Waals surface area contributed by atoms with Gasteiger partial charge >= 0.3 is 0 Å². The molecule has 4 aromatic rings. The fourth-order valence-electron chi connectivity index (χ4n) is 2.62. The second kappa shape index (κ2) is 7.33. The summed E-state index contributed by atoms with van der Waals surface area (Å²) in [4.78, 5) is 21.2. The molecule has 0 spiro atoms. The fourth-order valence-corrected chi connectivity index (χ4v) is 3.41. The molecule has 26 heavy (non-hydrogen) atoms. The van der Waals surface area contributed by atoms with Crippen LogP contribution in [0.5, 0.6) is 0 Å². The van der Waals surface area contributed by atoms with Crippen LogP contribution < -0.4 is 5.32 Å². The average molecular weight is 360 g/mol. The van der Waals surface area contributed by atoms with Crippen LogP contribution >= 0.6 is 11.3 Å². The zero-order valence-electron chi connectivity index (χ0n) is 13.9. The lowest BCUT2D eigenvalue weighted by molar-refractivity contribution is -0.115. The van der Waals surface area contributed by atoms with E-state index in [0.29, 0.717) is 0 Å². The number of nitrogens with zero attached hydrogens (tertiary/aromatic N) is 3. The van der Waals surface area contributed by atoms with Gasteiger partial charge in [-0.3, -0.25) is 9.78 Å². The topological polar surface area (TPSA) is 59.8 Å². The maximum atomic E-state index is 12.4. The number of thiazole rings is 1. The number of nitrogens with one attached hydrogen (secondary N) is 1. The summed E-state index contributed by atoms with van der Waals surface area (Å²) in [5.41, 5.74) is 3.33. The molecule has 0 radical (unpaired) electrons. The normalized spacial score (nSPS) is 10.6. The van der Waals surface area contributed by atoms with Crippen LogP contribution in [0.25, 0.3) is 16.4 Å². The van der Waals surface area contributed by atoms with Crippen molar-refractivity contribution in [3.05, 3.63) is 84.3 Å². The predicted molar refractivity (Wildman–Crippen MR) is 103 cm³/mol. The van der Waals surface area contributed by atoms with Crippen molar-refractivity contribution in [2.45, 2.75) is 6.42 Å². The number of hydrogen-bond donors (Lipinski definition) is 1. The predicted octanol–water partition coefficient (Wildman–Crippen LogP) is 4.18. The average Bonchev–Trinajstić information content (AvgIpc) is 3.35. The fraction of sp³-hybridized carbons (Fsp3) is 0.0500. The van der Waals surface area contributed by atoms with Gasteiger partial charge in [0.05, 0.1) is 17.8 Å². The van der Waals surface area contributed by atoms with E-state index in [1.54, 1.807) is 6.20 Å². The lowest BCUT2D eigenvalue weighted by Gasteiger charge is -2.08. The first-order valence-electron chi connectivity index (χ1n) is 8.17. The molecule has 0 fully saturated rings. The van der Waals surface area contributed by atoms with Gasteiger partial charge in [0.15, 0.2) is 0 Å². The molecule has 1 amide bonds. The first kappa shape index (κ1) is 16.2. The Bertz CT molecular complexity index is 1010. The van der Waals surface area contributed by atoms with Crippen molar-refractivity contribution in [3.63, 3.8) is 0 Å². The zero-order chi connectivity index (χ0) is 17.8. The van der Waals surface area contributed by atoms with Gasteiger partial charge in [0.25, 0.3) is 0 Å². The maximum Gasteiger partial charge on any atom is 0.230 e. The van der Waals surface area contributed by atoms with Gasteiger partial charge in [-0.2, -0.15) is 0 Å². The number of carbonyl (C=O) groups excluding carboxylic acids is 1. The van der Waals surface area contributed by atoms with Crippen molar-refractivity contribution >= 4 is 22.9 Å². The van der Waals surface area contributed by atoms with E-state index >= 15 is 0 Å². The molecule has 4 rings (SSSR count). The van der Waals surface area contributed by atoms with Crippen molar-refractivity contribution in [2.75, 3.05) is 5.32 Å². The molecular formula is C20H16N4OS. The molecule has 0 aliphatic heterocycles. The molecular weight excluding hydrogens is 344 g/mol. The number of rotatable bonds is 5. The van der Waals surface area contributed by atoms with E-state index in [2.05, 4.69) is 15.3 Å². The van der Waals surface area contributed by atoms with Crippen LogP contribution in [0.2, 0.25) is 0 Å². The highest BCUT2D eigenvalue weighted by Crippen LogP contribution is 2.22. The van der Waals surface area contributed by atoms with Gasteiger partial charge in [0, 0.05) is 35.3 Å². The summed E-state index contributed by atoms with van der Waals surface area (Å²) in [5.74, 6) is -0.0903. The lowest BCUT2D eigenvalue weighted by Crippen LogP contribution is -2.14. The maximum absolute atomic E-state index is 12.4. The van der Waals surface area contributed by atoms with Gasteiger partial charge in [-0.15, -0.1) is 11.3 Å². The highest BCUT2D eigenvalue weighted by atomic mass is 32.1. The monoisotopic (exact) mass is 360 g/mol. The van der Waals surface area contributed by atoms with E-state index in [1.807, 2.05) is 76.9 Å². The molecule has 128 valence electrons. The van der Waals surface area contributed by atoms with Gasteiger partial charge in [-0.05, 0) is 42.5 Å². The largest absolute Gasteiger partial charge is 0.326 e. The first-order chi connectivity index (χ1) is 12.8. The highest BCUT2D eigenvalue weighted by Gasteiger charge is 2.10. The van der Waals surface area contributed by atoms with Crippen molar-refractivity contribution < 1.29 is 4.79 Å². The molecule has 6 heteroatoms. The number of anilines is 1. The molecule has 0 unspecified atom stereocenters. The quantitative estimate of drug-likeness (QED) is 0.581. The van der Waals surface area contributed by atoms with E-state index in [4.69, 9.17) is 0 Å². The van der Waals surface area contributed by atoms with Crippen molar-refractivity contribution in [3.8, 4) is 16.4 Å². The SMILES string of the molecule is O=C(Cc1csc(-c2ccccn2)n1)Nc1cccc(-n2cccc2)c1. The molecule has 0 aliphatic carbocycles. The highest BCUT2D eigenvalue weighted by molar-refractivity contribution is 7.13. The summed E-state index contributed by atoms with van der Waals surface area (Å²) in [6.07, 6.45) is 5.91. The van der Waals surface area contributed by atoms with E-state index < -0.39 is 0 Å². The van der Waals surface area contributed by atoms with Gasteiger partial charge in [0.1, 0.15) is 5.01 Å². The number of hydrogen-bond acceptors (Lipinski definition) is 4. The summed E-state index contributed by atoms with van der Waals surface area (Å²) in [6, 6.07) is 17.4. The van der Waals surface area contributed by atoms with E-state index in [-0.39, 0.29) is 12.3 Å². The summed E-state index contributed by atoms with van der Waals surface area (Å²) in [5, 5.41) is 5.66. The minimum absolute atomic E-state index is 0.0903. The second-order valence-corrected chi connectivity index (χ2v) is 6.58. The Morgan fingerprint density at radius 2 is 1.96 bits per heavy atom. The van der Waals surface area contributed by atoms with Gasteiger partial charge < -0.3 is 9.88 Å². The summed E-state index contributed by atoms with van der Waals surface area (Å²) < 4.78 is 2.00. The first-order valence-corrected chi connectivity index (χ1v) is 9.05. The third kappa shape index (κ3) is 3.70. The number of aromatic nitrogens is 3. The van der Waals surface area contributed by atoms with Crippen molar-refractivity contribution in [1.29, 1.82) is 0 Å². The molecule has 3 aromatic heterocycles. The Kier molecular flexibility index (Phi) is 4.57. The number of benzene rings is 1. The van der Waals surface area contributed by atoms with E-state index in [9.17, 15) is 4.79 Å².